The van der Waals surface area contributed by atoms with Gasteiger partial charge in [-0.3, -0.25) is 0 Å². The third-order valence-electron chi connectivity index (χ3n) is 2.40. The van der Waals surface area contributed by atoms with Crippen molar-refractivity contribution >= 4 is 5.69 Å². The maximum atomic E-state index is 8.70. The average Bonchev–Trinajstić information content (AvgIpc) is 2.67. The first-order valence-electron chi connectivity index (χ1n) is 4.79. The zero-order chi connectivity index (χ0) is 9.80. The van der Waals surface area contributed by atoms with Crippen molar-refractivity contribution in [2.45, 2.75) is 18.9 Å². The second kappa shape index (κ2) is 3.97. The number of anilines is 1. The van der Waals surface area contributed by atoms with E-state index in [0.29, 0.717) is 6.04 Å². The standard InChI is InChI=1S/C12H12N2/c13-9-10-6-7-12(8-10)14-11-4-2-1-3-5-11/h1-6,12,14H,7-8H2. The molecular weight excluding hydrogens is 172 g/mol. The first-order valence-corrected chi connectivity index (χ1v) is 4.79. The molecule has 0 heterocycles. The van der Waals surface area contributed by atoms with Crippen molar-refractivity contribution in [2.24, 2.45) is 0 Å². The van der Waals surface area contributed by atoms with Gasteiger partial charge < -0.3 is 5.32 Å². The van der Waals surface area contributed by atoms with Crippen molar-refractivity contribution in [1.29, 1.82) is 5.26 Å². The largest absolute Gasteiger partial charge is 0.382 e. The predicted octanol–water partition coefficient (Wildman–Crippen LogP) is 2.71. The molecule has 1 aromatic carbocycles. The highest BCUT2D eigenvalue weighted by Gasteiger charge is 2.15. The minimum atomic E-state index is 0.395. The molecule has 0 saturated carbocycles. The fourth-order valence-electron chi connectivity index (χ4n) is 1.69. The monoisotopic (exact) mass is 184 g/mol. The zero-order valence-electron chi connectivity index (χ0n) is 7.90. The molecule has 1 unspecified atom stereocenters. The molecule has 0 fully saturated rings. The third kappa shape index (κ3) is 1.94. The van der Waals surface area contributed by atoms with E-state index in [9.17, 15) is 0 Å². The normalized spacial score (nSPS) is 19.9. The van der Waals surface area contributed by atoms with Crippen LogP contribution in [-0.2, 0) is 0 Å². The highest BCUT2D eigenvalue weighted by molar-refractivity contribution is 5.45. The summed E-state index contributed by atoms with van der Waals surface area (Å²) in [5.41, 5.74) is 2.03. The van der Waals surface area contributed by atoms with Crippen LogP contribution in [0.5, 0.6) is 0 Å². The zero-order valence-corrected chi connectivity index (χ0v) is 7.90. The maximum absolute atomic E-state index is 8.70. The molecule has 0 spiro atoms. The number of hydrogen-bond donors (Lipinski definition) is 1. The van der Waals surface area contributed by atoms with Crippen LogP contribution >= 0.6 is 0 Å². The molecule has 0 amide bonds. The molecule has 0 bridgehead atoms. The molecule has 14 heavy (non-hydrogen) atoms. The van der Waals surface area contributed by atoms with Gasteiger partial charge in [0.2, 0.25) is 0 Å². The molecule has 70 valence electrons. The van der Waals surface area contributed by atoms with E-state index in [0.717, 1.165) is 24.1 Å². The molecule has 2 nitrogen and oxygen atoms in total. The van der Waals surface area contributed by atoms with Crippen molar-refractivity contribution < 1.29 is 0 Å². The van der Waals surface area contributed by atoms with Gasteiger partial charge in [-0.2, -0.15) is 5.26 Å². The second-order valence-corrected chi connectivity index (χ2v) is 3.49. The Bertz CT molecular complexity index is 373. The topological polar surface area (TPSA) is 35.8 Å². The van der Waals surface area contributed by atoms with Crippen LogP contribution in [-0.4, -0.2) is 6.04 Å². The molecule has 1 N–H and O–H groups in total. The van der Waals surface area contributed by atoms with Crippen molar-refractivity contribution in [3.05, 3.63) is 42.0 Å². The lowest BCUT2D eigenvalue weighted by molar-refractivity contribution is 0.779. The molecule has 0 aromatic heterocycles. The minimum Gasteiger partial charge on any atom is -0.382 e. The molecule has 0 saturated heterocycles. The number of nitrogens with zero attached hydrogens (tertiary/aromatic N) is 1. The third-order valence-corrected chi connectivity index (χ3v) is 2.40. The van der Waals surface area contributed by atoms with Crippen molar-refractivity contribution in [2.75, 3.05) is 5.32 Å². The van der Waals surface area contributed by atoms with E-state index in [2.05, 4.69) is 11.4 Å². The van der Waals surface area contributed by atoms with Gasteiger partial charge >= 0.3 is 0 Å². The summed E-state index contributed by atoms with van der Waals surface area (Å²) >= 11 is 0. The summed E-state index contributed by atoms with van der Waals surface area (Å²) in [6.07, 6.45) is 3.82. The Hall–Kier alpha value is -1.75. The van der Waals surface area contributed by atoms with E-state index in [1.807, 2.05) is 36.4 Å². The van der Waals surface area contributed by atoms with Gasteiger partial charge in [-0.15, -0.1) is 0 Å². The molecule has 2 rings (SSSR count). The quantitative estimate of drug-likeness (QED) is 0.767. The van der Waals surface area contributed by atoms with Crippen LogP contribution < -0.4 is 5.32 Å². The Morgan fingerprint density at radius 2 is 2.07 bits per heavy atom. The van der Waals surface area contributed by atoms with Gasteiger partial charge in [0.15, 0.2) is 0 Å². The summed E-state index contributed by atoms with van der Waals surface area (Å²) < 4.78 is 0. The summed E-state index contributed by atoms with van der Waals surface area (Å²) in [6.45, 7) is 0. The van der Waals surface area contributed by atoms with Crippen LogP contribution in [0.1, 0.15) is 12.8 Å². The molecule has 1 aliphatic carbocycles. The SMILES string of the molecule is N#CC1=CCC(Nc2ccccc2)C1. The maximum Gasteiger partial charge on any atom is 0.0944 e. The lowest BCUT2D eigenvalue weighted by Crippen LogP contribution is -2.15. The van der Waals surface area contributed by atoms with E-state index in [4.69, 9.17) is 5.26 Å². The average molecular weight is 184 g/mol. The molecule has 1 aromatic rings. The van der Waals surface area contributed by atoms with E-state index in [1.54, 1.807) is 0 Å². The van der Waals surface area contributed by atoms with E-state index < -0.39 is 0 Å². The van der Waals surface area contributed by atoms with Crippen LogP contribution in [0.4, 0.5) is 5.69 Å². The van der Waals surface area contributed by atoms with E-state index >= 15 is 0 Å². The summed E-state index contributed by atoms with van der Waals surface area (Å²) in [5.74, 6) is 0. The Morgan fingerprint density at radius 1 is 1.29 bits per heavy atom. The van der Waals surface area contributed by atoms with Crippen molar-refractivity contribution in [1.82, 2.24) is 0 Å². The first kappa shape index (κ1) is 8.83. The number of rotatable bonds is 2. The van der Waals surface area contributed by atoms with Gasteiger partial charge in [-0.05, 0) is 18.6 Å². The number of benzene rings is 1. The van der Waals surface area contributed by atoms with Gasteiger partial charge in [0.25, 0.3) is 0 Å². The lowest BCUT2D eigenvalue weighted by Gasteiger charge is -2.13. The van der Waals surface area contributed by atoms with Gasteiger partial charge in [-0.25, -0.2) is 0 Å². The molecule has 1 aliphatic rings. The summed E-state index contributed by atoms with van der Waals surface area (Å²) in [5, 5.41) is 12.1. The Kier molecular flexibility index (Phi) is 2.51. The number of nitriles is 1. The highest BCUT2D eigenvalue weighted by Crippen LogP contribution is 2.21. The van der Waals surface area contributed by atoms with Gasteiger partial charge in [0, 0.05) is 23.7 Å². The van der Waals surface area contributed by atoms with Crippen molar-refractivity contribution in [3.63, 3.8) is 0 Å². The summed E-state index contributed by atoms with van der Waals surface area (Å²) in [6, 6.07) is 12.7. The fraction of sp³-hybridized carbons (Fsp3) is 0.250. The fourth-order valence-corrected chi connectivity index (χ4v) is 1.69. The van der Waals surface area contributed by atoms with E-state index in [1.165, 1.54) is 0 Å². The molecule has 0 aliphatic heterocycles. The summed E-state index contributed by atoms with van der Waals surface area (Å²) in [4.78, 5) is 0. The highest BCUT2D eigenvalue weighted by atomic mass is 14.9. The second-order valence-electron chi connectivity index (χ2n) is 3.49. The smallest absolute Gasteiger partial charge is 0.0944 e. The van der Waals surface area contributed by atoms with Crippen LogP contribution in [0.3, 0.4) is 0 Å². The first-order chi connectivity index (χ1) is 6.88. The molecule has 0 radical (unpaired) electrons. The van der Waals surface area contributed by atoms with Gasteiger partial charge in [0.05, 0.1) is 6.07 Å². The molecule has 1 atom stereocenters. The number of para-hydroxylation sites is 1. The molecule has 2 heteroatoms. The summed E-state index contributed by atoms with van der Waals surface area (Å²) in [7, 11) is 0. The Balaban J connectivity index is 1.94. The predicted molar refractivity (Wildman–Crippen MR) is 56.8 cm³/mol. The van der Waals surface area contributed by atoms with Gasteiger partial charge in [0.1, 0.15) is 0 Å². The minimum absolute atomic E-state index is 0.395. The van der Waals surface area contributed by atoms with Crippen molar-refractivity contribution in [3.8, 4) is 6.07 Å². The van der Waals surface area contributed by atoms with Gasteiger partial charge in [-0.1, -0.05) is 24.3 Å². The van der Waals surface area contributed by atoms with Crippen LogP contribution in [0.2, 0.25) is 0 Å². The lowest BCUT2D eigenvalue weighted by atomic mass is 10.2. The molecular formula is C12H12N2. The van der Waals surface area contributed by atoms with Crippen LogP contribution in [0.25, 0.3) is 0 Å². The van der Waals surface area contributed by atoms with E-state index in [-0.39, 0.29) is 0 Å². The Labute approximate surface area is 83.9 Å². The van der Waals surface area contributed by atoms with Crippen LogP contribution in [0.15, 0.2) is 42.0 Å². The number of hydrogen-bond acceptors (Lipinski definition) is 2. The number of nitrogens with one attached hydrogen (secondary N) is 1. The van der Waals surface area contributed by atoms with Crippen LogP contribution in [0, 0.1) is 11.3 Å². The Morgan fingerprint density at radius 3 is 2.71 bits per heavy atom.